The van der Waals surface area contributed by atoms with Crippen LogP contribution < -0.4 is 0 Å². The Morgan fingerprint density at radius 2 is 0.943 bits per heavy atom. The highest BCUT2D eigenvalue weighted by molar-refractivity contribution is 5.70. The molecule has 0 aliphatic heterocycles. The van der Waals surface area contributed by atoms with Crippen LogP contribution in [0.1, 0.15) is 175 Å². The predicted octanol–water partition coefficient (Wildman–Crippen LogP) is 9.86. The fourth-order valence-corrected chi connectivity index (χ4v) is 4.53. The van der Waals surface area contributed by atoms with E-state index in [4.69, 9.17) is 9.47 Å². The molecule has 0 heterocycles. The average molecular weight is 497 g/mol. The van der Waals surface area contributed by atoms with Crippen molar-refractivity contribution in [3.05, 3.63) is 0 Å². The number of hydrogen-bond donors (Lipinski definition) is 0. The Morgan fingerprint density at radius 3 is 1.46 bits per heavy atom. The lowest BCUT2D eigenvalue weighted by Gasteiger charge is -2.17. The maximum atomic E-state index is 12.0. The van der Waals surface area contributed by atoms with Gasteiger partial charge in [0.2, 0.25) is 0 Å². The molecule has 0 radical (unpaired) electrons. The predicted molar refractivity (Wildman–Crippen MR) is 149 cm³/mol. The van der Waals surface area contributed by atoms with E-state index in [1.165, 1.54) is 77.0 Å². The molecule has 0 saturated heterocycles. The molecule has 4 heteroatoms. The molecular formula is C31H60O4. The van der Waals surface area contributed by atoms with Crippen molar-refractivity contribution in [1.29, 1.82) is 0 Å². The van der Waals surface area contributed by atoms with Crippen LogP contribution in [0.2, 0.25) is 0 Å². The number of ether oxygens (including phenoxy) is 2. The van der Waals surface area contributed by atoms with E-state index in [1.807, 2.05) is 0 Å². The molecule has 35 heavy (non-hydrogen) atoms. The van der Waals surface area contributed by atoms with Crippen molar-refractivity contribution in [3.63, 3.8) is 0 Å². The monoisotopic (exact) mass is 496 g/mol. The Labute approximate surface area is 218 Å². The molecule has 0 fully saturated rings. The van der Waals surface area contributed by atoms with Gasteiger partial charge in [0.05, 0.1) is 6.61 Å². The van der Waals surface area contributed by atoms with Crippen molar-refractivity contribution in [3.8, 4) is 0 Å². The van der Waals surface area contributed by atoms with Crippen LogP contribution in [-0.2, 0) is 19.1 Å². The van der Waals surface area contributed by atoms with E-state index in [-0.39, 0.29) is 18.0 Å². The standard InChI is InChI=1S/C31H60O4/c1-4-7-9-10-11-12-13-14-15-16-17-18-19-23-28-34-30(32)26-21-20-22-27-31(33)35-29(24-6-3)25-8-5-2/h29H,4-28H2,1-3H3. The summed E-state index contributed by atoms with van der Waals surface area (Å²) in [5.74, 6) is -0.176. The van der Waals surface area contributed by atoms with Crippen molar-refractivity contribution in [2.45, 2.75) is 181 Å². The zero-order valence-corrected chi connectivity index (χ0v) is 23.9. The lowest BCUT2D eigenvalue weighted by atomic mass is 10.0. The van der Waals surface area contributed by atoms with E-state index in [0.29, 0.717) is 19.4 Å². The van der Waals surface area contributed by atoms with Gasteiger partial charge in [-0.25, -0.2) is 0 Å². The third-order valence-corrected chi connectivity index (χ3v) is 6.81. The fourth-order valence-electron chi connectivity index (χ4n) is 4.53. The number of unbranched alkanes of at least 4 members (excludes halogenated alkanes) is 16. The SMILES string of the molecule is CCCCCCCCCCCCCCCCOC(=O)CCCCCC(=O)OC(CCC)CCCC. The van der Waals surface area contributed by atoms with Crippen molar-refractivity contribution in [2.24, 2.45) is 0 Å². The van der Waals surface area contributed by atoms with Gasteiger partial charge in [-0.3, -0.25) is 9.59 Å². The van der Waals surface area contributed by atoms with Crippen LogP contribution in [-0.4, -0.2) is 24.6 Å². The summed E-state index contributed by atoms with van der Waals surface area (Å²) in [5.41, 5.74) is 0. The van der Waals surface area contributed by atoms with Crippen molar-refractivity contribution < 1.29 is 19.1 Å². The summed E-state index contributed by atoms with van der Waals surface area (Å²) in [6.07, 6.45) is 27.3. The van der Waals surface area contributed by atoms with Gasteiger partial charge in [0.25, 0.3) is 0 Å². The van der Waals surface area contributed by atoms with E-state index >= 15 is 0 Å². The Bertz CT molecular complexity index is 463. The Morgan fingerprint density at radius 1 is 0.486 bits per heavy atom. The summed E-state index contributed by atoms with van der Waals surface area (Å²) in [6, 6.07) is 0. The van der Waals surface area contributed by atoms with E-state index in [0.717, 1.165) is 64.2 Å². The molecule has 0 aromatic carbocycles. The third-order valence-electron chi connectivity index (χ3n) is 6.81. The second kappa shape index (κ2) is 27.5. The van der Waals surface area contributed by atoms with Gasteiger partial charge in [-0.05, 0) is 32.1 Å². The number of hydrogen-bond acceptors (Lipinski definition) is 4. The first-order valence-electron chi connectivity index (χ1n) is 15.5. The van der Waals surface area contributed by atoms with Gasteiger partial charge in [-0.1, -0.05) is 130 Å². The summed E-state index contributed by atoms with van der Waals surface area (Å²) < 4.78 is 11.0. The van der Waals surface area contributed by atoms with Crippen molar-refractivity contribution in [2.75, 3.05) is 6.61 Å². The summed E-state index contributed by atoms with van der Waals surface area (Å²) in [5, 5.41) is 0. The van der Waals surface area contributed by atoms with E-state index in [1.54, 1.807) is 0 Å². The van der Waals surface area contributed by atoms with Crippen LogP contribution in [0.3, 0.4) is 0 Å². The van der Waals surface area contributed by atoms with E-state index < -0.39 is 0 Å². The Balaban J connectivity index is 3.41. The van der Waals surface area contributed by atoms with Gasteiger partial charge < -0.3 is 9.47 Å². The second-order valence-electron chi connectivity index (χ2n) is 10.4. The maximum absolute atomic E-state index is 12.0. The fraction of sp³-hybridized carbons (Fsp3) is 0.935. The molecule has 0 aromatic rings. The molecule has 1 atom stereocenters. The second-order valence-corrected chi connectivity index (χ2v) is 10.4. The highest BCUT2D eigenvalue weighted by atomic mass is 16.5. The highest BCUT2D eigenvalue weighted by Crippen LogP contribution is 2.15. The van der Waals surface area contributed by atoms with Gasteiger partial charge in [0.15, 0.2) is 0 Å². The molecule has 0 aliphatic rings. The molecule has 0 spiro atoms. The average Bonchev–Trinajstić information content (AvgIpc) is 2.84. The van der Waals surface area contributed by atoms with Gasteiger partial charge in [0.1, 0.15) is 6.10 Å². The smallest absolute Gasteiger partial charge is 0.306 e. The lowest BCUT2D eigenvalue weighted by molar-refractivity contribution is -0.150. The molecule has 0 rings (SSSR count). The minimum absolute atomic E-state index is 0.0809. The van der Waals surface area contributed by atoms with Gasteiger partial charge in [-0.15, -0.1) is 0 Å². The third kappa shape index (κ3) is 25.8. The first-order chi connectivity index (χ1) is 17.1. The quantitative estimate of drug-likeness (QED) is 0.0838. The number of carbonyl (C=O) groups is 2. The molecule has 0 saturated carbocycles. The Hall–Kier alpha value is -1.06. The molecule has 0 amide bonds. The van der Waals surface area contributed by atoms with Crippen LogP contribution in [0.15, 0.2) is 0 Å². The maximum Gasteiger partial charge on any atom is 0.306 e. The molecule has 0 N–H and O–H groups in total. The summed E-state index contributed by atoms with van der Waals surface area (Å²) in [4.78, 5) is 23.9. The molecule has 208 valence electrons. The van der Waals surface area contributed by atoms with Crippen LogP contribution >= 0.6 is 0 Å². The van der Waals surface area contributed by atoms with E-state index in [2.05, 4.69) is 20.8 Å². The minimum Gasteiger partial charge on any atom is -0.466 e. The molecule has 1 unspecified atom stereocenters. The summed E-state index contributed by atoms with van der Waals surface area (Å²) >= 11 is 0. The molecule has 4 nitrogen and oxygen atoms in total. The first kappa shape index (κ1) is 33.9. The summed E-state index contributed by atoms with van der Waals surface area (Å²) in [7, 11) is 0. The van der Waals surface area contributed by atoms with Crippen LogP contribution in [0.25, 0.3) is 0 Å². The molecule has 0 aromatic heterocycles. The van der Waals surface area contributed by atoms with Gasteiger partial charge in [-0.2, -0.15) is 0 Å². The lowest BCUT2D eigenvalue weighted by Crippen LogP contribution is -2.18. The van der Waals surface area contributed by atoms with Gasteiger partial charge >= 0.3 is 11.9 Å². The molecule has 0 bridgehead atoms. The normalized spacial score (nSPS) is 12.0. The van der Waals surface area contributed by atoms with Crippen molar-refractivity contribution >= 4 is 11.9 Å². The largest absolute Gasteiger partial charge is 0.466 e. The number of rotatable bonds is 27. The van der Waals surface area contributed by atoms with Crippen LogP contribution in [0.5, 0.6) is 0 Å². The molecule has 0 aliphatic carbocycles. The summed E-state index contributed by atoms with van der Waals surface area (Å²) in [6.45, 7) is 7.12. The first-order valence-corrected chi connectivity index (χ1v) is 15.5. The number of esters is 2. The van der Waals surface area contributed by atoms with Crippen LogP contribution in [0, 0.1) is 0 Å². The van der Waals surface area contributed by atoms with E-state index in [9.17, 15) is 9.59 Å². The van der Waals surface area contributed by atoms with Gasteiger partial charge in [0, 0.05) is 12.8 Å². The minimum atomic E-state index is -0.0927. The highest BCUT2D eigenvalue weighted by Gasteiger charge is 2.13. The topological polar surface area (TPSA) is 52.6 Å². The Kier molecular flexibility index (Phi) is 26.7. The zero-order valence-electron chi connectivity index (χ0n) is 23.9. The van der Waals surface area contributed by atoms with Crippen LogP contribution in [0.4, 0.5) is 0 Å². The number of carbonyl (C=O) groups excluding carboxylic acids is 2. The zero-order chi connectivity index (χ0) is 25.8. The molecular weight excluding hydrogens is 436 g/mol. The van der Waals surface area contributed by atoms with Crippen molar-refractivity contribution in [1.82, 2.24) is 0 Å².